The molecule has 0 aromatic heterocycles. The van der Waals surface area contributed by atoms with Crippen LogP contribution in [0.5, 0.6) is 0 Å². The molecule has 2 aromatic carbocycles. The van der Waals surface area contributed by atoms with Gasteiger partial charge in [0.15, 0.2) is 0 Å². The predicted molar refractivity (Wildman–Crippen MR) is 96.0 cm³/mol. The van der Waals surface area contributed by atoms with Crippen molar-refractivity contribution in [2.75, 3.05) is 19.6 Å². The highest BCUT2D eigenvalue weighted by Crippen LogP contribution is 2.15. The first-order chi connectivity index (χ1) is 10.8. The zero-order chi connectivity index (χ0) is 15.2. The summed E-state index contributed by atoms with van der Waals surface area (Å²) < 4.78 is 0. The molecule has 0 amide bonds. The monoisotopic (exact) mass is 310 g/mol. The van der Waals surface area contributed by atoms with E-state index in [-0.39, 0.29) is 0 Å². The molecule has 1 saturated heterocycles. The molecular formula is C19H22N2S. The van der Waals surface area contributed by atoms with E-state index in [1.54, 1.807) is 0 Å². The van der Waals surface area contributed by atoms with Crippen molar-refractivity contribution in [3.63, 3.8) is 0 Å². The Morgan fingerprint density at radius 2 is 1.45 bits per heavy atom. The molecule has 0 aliphatic carbocycles. The molecule has 0 saturated carbocycles. The first-order valence-corrected chi connectivity index (χ1v) is 8.32. The van der Waals surface area contributed by atoms with Crippen LogP contribution in [0.1, 0.15) is 11.1 Å². The number of hydrogen-bond acceptors (Lipinski definition) is 3. The molecule has 0 spiro atoms. The van der Waals surface area contributed by atoms with Gasteiger partial charge in [0, 0.05) is 32.7 Å². The minimum absolute atomic E-state index is 0.354. The maximum atomic E-state index is 5.29. The van der Waals surface area contributed by atoms with Crippen molar-refractivity contribution in [1.29, 1.82) is 0 Å². The van der Waals surface area contributed by atoms with E-state index in [0.29, 0.717) is 6.04 Å². The molecule has 1 heterocycles. The van der Waals surface area contributed by atoms with Crippen LogP contribution in [-0.4, -0.2) is 40.8 Å². The lowest BCUT2D eigenvalue weighted by Gasteiger charge is -2.39. The number of benzene rings is 2. The van der Waals surface area contributed by atoms with Gasteiger partial charge in [-0.25, -0.2) is 0 Å². The summed E-state index contributed by atoms with van der Waals surface area (Å²) in [5, 5.41) is 1.93. The molecule has 0 radical (unpaired) electrons. The van der Waals surface area contributed by atoms with Crippen LogP contribution in [-0.2, 0) is 13.1 Å². The number of rotatable bonds is 5. The highest BCUT2D eigenvalue weighted by atomic mass is 32.1. The van der Waals surface area contributed by atoms with E-state index in [0.717, 1.165) is 32.7 Å². The Morgan fingerprint density at radius 3 is 2.05 bits per heavy atom. The summed E-state index contributed by atoms with van der Waals surface area (Å²) >= 11 is 5.29. The Morgan fingerprint density at radius 1 is 0.864 bits per heavy atom. The van der Waals surface area contributed by atoms with Crippen molar-refractivity contribution < 1.29 is 0 Å². The second-order valence-corrected chi connectivity index (χ2v) is 6.15. The van der Waals surface area contributed by atoms with Gasteiger partial charge in [-0.05, 0) is 16.5 Å². The van der Waals surface area contributed by atoms with Gasteiger partial charge in [0.1, 0.15) is 0 Å². The molecule has 3 rings (SSSR count). The van der Waals surface area contributed by atoms with Gasteiger partial charge in [-0.3, -0.25) is 9.80 Å². The van der Waals surface area contributed by atoms with Gasteiger partial charge < -0.3 is 0 Å². The van der Waals surface area contributed by atoms with Crippen molar-refractivity contribution in [2.45, 2.75) is 19.1 Å². The molecule has 1 unspecified atom stereocenters. The second-order valence-electron chi connectivity index (χ2n) is 5.88. The summed E-state index contributed by atoms with van der Waals surface area (Å²) in [5.41, 5.74) is 2.74. The molecule has 22 heavy (non-hydrogen) atoms. The third-order valence-corrected chi connectivity index (χ3v) is 4.57. The fourth-order valence-corrected chi connectivity index (χ4v) is 3.29. The normalized spacial score (nSPS) is 19.9. The van der Waals surface area contributed by atoms with E-state index in [1.165, 1.54) is 11.1 Å². The van der Waals surface area contributed by atoms with Gasteiger partial charge >= 0.3 is 0 Å². The topological polar surface area (TPSA) is 6.48 Å². The molecule has 2 aromatic rings. The van der Waals surface area contributed by atoms with Crippen LogP contribution >= 0.6 is 12.2 Å². The molecular weight excluding hydrogens is 288 g/mol. The van der Waals surface area contributed by atoms with Gasteiger partial charge in [-0.2, -0.15) is 0 Å². The molecule has 0 N–H and O–H groups in total. The summed E-state index contributed by atoms with van der Waals surface area (Å²) in [5.74, 6) is 0. The van der Waals surface area contributed by atoms with Crippen LogP contribution in [0.2, 0.25) is 0 Å². The Kier molecular flexibility index (Phi) is 5.33. The first-order valence-electron chi connectivity index (χ1n) is 7.85. The standard InChI is InChI=1S/C19H22N2S/c22-16-19-15-20(13-17-7-3-1-4-8-17)11-12-21(19)14-18-9-5-2-6-10-18/h1-10,16,19H,11-15H2. The third kappa shape index (κ3) is 4.01. The molecule has 1 atom stereocenters. The lowest BCUT2D eigenvalue weighted by Crippen LogP contribution is -2.52. The van der Waals surface area contributed by atoms with Crippen molar-refractivity contribution in [2.24, 2.45) is 0 Å². The summed E-state index contributed by atoms with van der Waals surface area (Å²) in [4.78, 5) is 4.99. The Balaban J connectivity index is 1.60. The van der Waals surface area contributed by atoms with Gasteiger partial charge in [0.2, 0.25) is 0 Å². The molecule has 1 aliphatic heterocycles. The molecule has 3 heteroatoms. The Bertz CT molecular complexity index is 585. The van der Waals surface area contributed by atoms with Crippen molar-refractivity contribution in [1.82, 2.24) is 9.80 Å². The second kappa shape index (κ2) is 7.63. The van der Waals surface area contributed by atoms with Gasteiger partial charge in [0.05, 0.1) is 6.04 Å². The minimum Gasteiger partial charge on any atom is -0.296 e. The lowest BCUT2D eigenvalue weighted by molar-refractivity contribution is 0.0985. The molecule has 0 bridgehead atoms. The smallest absolute Gasteiger partial charge is 0.0512 e. The predicted octanol–water partition coefficient (Wildman–Crippen LogP) is 3.37. The number of nitrogens with zero attached hydrogens (tertiary/aromatic N) is 2. The van der Waals surface area contributed by atoms with E-state index >= 15 is 0 Å². The quantitative estimate of drug-likeness (QED) is 0.782. The Labute approximate surface area is 138 Å². The van der Waals surface area contributed by atoms with Crippen molar-refractivity contribution in [3.8, 4) is 0 Å². The van der Waals surface area contributed by atoms with Gasteiger partial charge in [-0.1, -0.05) is 72.9 Å². The fourth-order valence-electron chi connectivity index (χ4n) is 3.04. The van der Waals surface area contributed by atoms with Crippen molar-refractivity contribution >= 4 is 17.6 Å². The average molecular weight is 310 g/mol. The van der Waals surface area contributed by atoms with Crippen molar-refractivity contribution in [3.05, 3.63) is 71.8 Å². The minimum atomic E-state index is 0.354. The zero-order valence-electron chi connectivity index (χ0n) is 12.8. The molecule has 1 aliphatic rings. The van der Waals surface area contributed by atoms with E-state index in [2.05, 4.69) is 70.5 Å². The Hall–Kier alpha value is -1.55. The van der Waals surface area contributed by atoms with Gasteiger partial charge in [0.25, 0.3) is 0 Å². The zero-order valence-corrected chi connectivity index (χ0v) is 13.6. The van der Waals surface area contributed by atoms with Crippen LogP contribution in [0.3, 0.4) is 0 Å². The molecule has 1 fully saturated rings. The lowest BCUT2D eigenvalue weighted by atomic mass is 10.1. The van der Waals surface area contributed by atoms with E-state index in [9.17, 15) is 0 Å². The van der Waals surface area contributed by atoms with Crippen LogP contribution in [0, 0.1) is 0 Å². The first kappa shape index (κ1) is 15.3. The highest BCUT2D eigenvalue weighted by molar-refractivity contribution is 7.79. The summed E-state index contributed by atoms with van der Waals surface area (Å²) in [6, 6.07) is 21.7. The SMILES string of the molecule is S=CC1CN(Cc2ccccc2)CCN1Cc1ccccc1. The largest absolute Gasteiger partial charge is 0.296 e. The number of hydrogen-bond donors (Lipinski definition) is 0. The average Bonchev–Trinajstić information content (AvgIpc) is 2.58. The summed E-state index contributed by atoms with van der Waals surface area (Å²) in [6.07, 6.45) is 0. The van der Waals surface area contributed by atoms with E-state index < -0.39 is 0 Å². The van der Waals surface area contributed by atoms with E-state index in [4.69, 9.17) is 12.2 Å². The van der Waals surface area contributed by atoms with Crippen LogP contribution < -0.4 is 0 Å². The van der Waals surface area contributed by atoms with Crippen LogP contribution in [0.15, 0.2) is 60.7 Å². The summed E-state index contributed by atoms with van der Waals surface area (Å²) in [6.45, 7) is 5.18. The third-order valence-electron chi connectivity index (χ3n) is 4.25. The highest BCUT2D eigenvalue weighted by Gasteiger charge is 2.25. The van der Waals surface area contributed by atoms with Crippen LogP contribution in [0.25, 0.3) is 0 Å². The van der Waals surface area contributed by atoms with Crippen LogP contribution in [0.4, 0.5) is 0 Å². The summed E-state index contributed by atoms with van der Waals surface area (Å²) in [7, 11) is 0. The molecule has 114 valence electrons. The maximum absolute atomic E-state index is 5.29. The number of thiocarbonyl (C=S) groups is 1. The maximum Gasteiger partial charge on any atom is 0.0512 e. The van der Waals surface area contributed by atoms with E-state index in [1.807, 2.05) is 5.37 Å². The van der Waals surface area contributed by atoms with Gasteiger partial charge in [-0.15, -0.1) is 0 Å². The number of piperazine rings is 1. The molecule has 2 nitrogen and oxygen atoms in total. The fraction of sp³-hybridized carbons (Fsp3) is 0.316.